The molecule has 2 aliphatic rings. The lowest BCUT2D eigenvalue weighted by atomic mass is 10.0. The molecule has 4 heterocycles. The zero-order valence-corrected chi connectivity index (χ0v) is 20.2. The third-order valence-corrected chi connectivity index (χ3v) is 6.30. The minimum atomic E-state index is -0.611. The topological polar surface area (TPSA) is 108 Å². The maximum atomic E-state index is 12.3. The van der Waals surface area contributed by atoms with Gasteiger partial charge in [0.25, 0.3) is 0 Å². The lowest BCUT2D eigenvalue weighted by Crippen LogP contribution is -2.45. The van der Waals surface area contributed by atoms with E-state index in [4.69, 9.17) is 14.7 Å². The van der Waals surface area contributed by atoms with E-state index >= 15 is 0 Å². The SMILES string of the molecule is C[C@H]1COCCN1c1nc(-c2ccc(NC(=O)NCCF)cc2)nc2c1CCN(c1ncccn1)C2. The number of benzene rings is 1. The predicted octanol–water partition coefficient (Wildman–Crippen LogP) is 2.81. The molecule has 1 fully saturated rings. The van der Waals surface area contributed by atoms with Crippen LogP contribution in [0.5, 0.6) is 0 Å². The van der Waals surface area contributed by atoms with Gasteiger partial charge in [-0.1, -0.05) is 0 Å². The summed E-state index contributed by atoms with van der Waals surface area (Å²) in [6.45, 7) is 4.98. The average molecular weight is 493 g/mol. The highest BCUT2D eigenvalue weighted by Gasteiger charge is 2.29. The fourth-order valence-corrected chi connectivity index (χ4v) is 4.48. The molecule has 0 radical (unpaired) electrons. The largest absolute Gasteiger partial charge is 0.377 e. The van der Waals surface area contributed by atoms with Gasteiger partial charge in [-0.3, -0.25) is 0 Å². The van der Waals surface area contributed by atoms with Crippen molar-refractivity contribution in [1.29, 1.82) is 0 Å². The number of rotatable bonds is 6. The van der Waals surface area contributed by atoms with Gasteiger partial charge in [0, 0.05) is 48.8 Å². The number of nitrogens with one attached hydrogen (secondary N) is 2. The fraction of sp³-hybridized carbons (Fsp3) is 0.400. The summed E-state index contributed by atoms with van der Waals surface area (Å²) in [5, 5.41) is 5.14. The maximum Gasteiger partial charge on any atom is 0.319 e. The highest BCUT2D eigenvalue weighted by Crippen LogP contribution is 2.32. The van der Waals surface area contributed by atoms with Crippen LogP contribution in [0.25, 0.3) is 11.4 Å². The summed E-state index contributed by atoms with van der Waals surface area (Å²) in [6, 6.07) is 8.89. The first-order valence-electron chi connectivity index (χ1n) is 12.1. The molecule has 0 unspecified atom stereocenters. The first-order chi connectivity index (χ1) is 17.6. The van der Waals surface area contributed by atoms with Crippen LogP contribution in [0.3, 0.4) is 0 Å². The number of hydrogen-bond donors (Lipinski definition) is 2. The van der Waals surface area contributed by atoms with Crippen LogP contribution >= 0.6 is 0 Å². The maximum absolute atomic E-state index is 12.3. The molecule has 3 aromatic rings. The normalized spacial score (nSPS) is 17.4. The van der Waals surface area contributed by atoms with Crippen molar-refractivity contribution < 1.29 is 13.9 Å². The van der Waals surface area contributed by atoms with Crippen LogP contribution in [0.2, 0.25) is 0 Å². The first kappa shape index (κ1) is 23.9. The Morgan fingerprint density at radius 2 is 1.97 bits per heavy atom. The highest BCUT2D eigenvalue weighted by molar-refractivity contribution is 5.89. The zero-order valence-electron chi connectivity index (χ0n) is 20.2. The Balaban J connectivity index is 1.46. The number of carbonyl (C=O) groups is 1. The first-order valence-corrected chi connectivity index (χ1v) is 12.1. The highest BCUT2D eigenvalue weighted by atomic mass is 19.1. The van der Waals surface area contributed by atoms with Gasteiger partial charge < -0.3 is 25.2 Å². The molecule has 188 valence electrons. The van der Waals surface area contributed by atoms with E-state index in [1.54, 1.807) is 24.5 Å². The van der Waals surface area contributed by atoms with Crippen molar-refractivity contribution in [1.82, 2.24) is 25.3 Å². The third-order valence-electron chi connectivity index (χ3n) is 6.30. The van der Waals surface area contributed by atoms with E-state index in [9.17, 15) is 9.18 Å². The fourth-order valence-electron chi connectivity index (χ4n) is 4.48. The van der Waals surface area contributed by atoms with Crippen LogP contribution in [0.15, 0.2) is 42.7 Å². The molecule has 0 spiro atoms. The number of morpholine rings is 1. The summed E-state index contributed by atoms with van der Waals surface area (Å²) < 4.78 is 18.0. The molecule has 2 amide bonds. The van der Waals surface area contributed by atoms with Gasteiger partial charge in [0.05, 0.1) is 31.5 Å². The minimum absolute atomic E-state index is 0.0271. The second kappa shape index (κ2) is 10.8. The number of alkyl halides is 1. The Kier molecular flexibility index (Phi) is 7.17. The Bertz CT molecular complexity index is 1190. The van der Waals surface area contributed by atoms with Gasteiger partial charge in [-0.05, 0) is 43.7 Å². The monoisotopic (exact) mass is 492 g/mol. The molecule has 1 atom stereocenters. The minimum Gasteiger partial charge on any atom is -0.377 e. The molecule has 11 heteroatoms. The molecule has 36 heavy (non-hydrogen) atoms. The Hall–Kier alpha value is -3.86. The molecule has 0 saturated carbocycles. The molecule has 0 aliphatic carbocycles. The van der Waals surface area contributed by atoms with Crippen LogP contribution in [0, 0.1) is 0 Å². The van der Waals surface area contributed by atoms with Crippen LogP contribution in [0.1, 0.15) is 18.2 Å². The second-order valence-corrected chi connectivity index (χ2v) is 8.78. The molecule has 10 nitrogen and oxygen atoms in total. The number of urea groups is 1. The average Bonchev–Trinajstić information content (AvgIpc) is 2.92. The summed E-state index contributed by atoms with van der Waals surface area (Å²) in [5.74, 6) is 2.25. The number of aromatic nitrogens is 4. The van der Waals surface area contributed by atoms with Gasteiger partial charge in [0.1, 0.15) is 12.5 Å². The van der Waals surface area contributed by atoms with E-state index < -0.39 is 12.7 Å². The molecule has 2 aliphatic heterocycles. The quantitative estimate of drug-likeness (QED) is 0.541. The van der Waals surface area contributed by atoms with E-state index in [0.717, 1.165) is 42.1 Å². The van der Waals surface area contributed by atoms with Gasteiger partial charge >= 0.3 is 6.03 Å². The summed E-state index contributed by atoms with van der Waals surface area (Å²) in [4.78, 5) is 35.1. The Labute approximate surface area is 208 Å². The van der Waals surface area contributed by atoms with Crippen molar-refractivity contribution in [2.75, 3.05) is 54.6 Å². The third kappa shape index (κ3) is 5.20. The molecular formula is C25H29FN8O2. The van der Waals surface area contributed by atoms with Crippen molar-refractivity contribution in [3.63, 3.8) is 0 Å². The van der Waals surface area contributed by atoms with E-state index in [1.807, 2.05) is 18.2 Å². The van der Waals surface area contributed by atoms with Gasteiger partial charge in [0.2, 0.25) is 5.95 Å². The Morgan fingerprint density at radius 1 is 1.17 bits per heavy atom. The van der Waals surface area contributed by atoms with Crippen molar-refractivity contribution in [2.24, 2.45) is 0 Å². The molecule has 1 saturated heterocycles. The summed E-state index contributed by atoms with van der Waals surface area (Å²) in [7, 11) is 0. The second-order valence-electron chi connectivity index (χ2n) is 8.78. The van der Waals surface area contributed by atoms with Crippen molar-refractivity contribution in [3.8, 4) is 11.4 Å². The summed E-state index contributed by atoms with van der Waals surface area (Å²) in [5.41, 5.74) is 3.55. The van der Waals surface area contributed by atoms with Gasteiger partial charge in [0.15, 0.2) is 5.82 Å². The van der Waals surface area contributed by atoms with Crippen molar-refractivity contribution in [3.05, 3.63) is 54.0 Å². The van der Waals surface area contributed by atoms with E-state index in [-0.39, 0.29) is 12.6 Å². The van der Waals surface area contributed by atoms with Crippen LogP contribution in [-0.4, -0.2) is 71.5 Å². The number of amides is 2. The van der Waals surface area contributed by atoms with E-state index in [1.165, 1.54) is 0 Å². The van der Waals surface area contributed by atoms with Gasteiger partial charge in [-0.15, -0.1) is 0 Å². The van der Waals surface area contributed by atoms with Crippen LogP contribution in [0.4, 0.5) is 26.6 Å². The van der Waals surface area contributed by atoms with Gasteiger partial charge in [-0.25, -0.2) is 29.1 Å². The Morgan fingerprint density at radius 3 is 2.72 bits per heavy atom. The van der Waals surface area contributed by atoms with E-state index in [2.05, 4.69) is 37.3 Å². The molecule has 1 aromatic carbocycles. The lowest BCUT2D eigenvalue weighted by Gasteiger charge is -2.37. The number of ether oxygens (including phenoxy) is 1. The van der Waals surface area contributed by atoms with Crippen LogP contribution < -0.4 is 20.4 Å². The number of fused-ring (bicyclic) bond motifs is 1. The smallest absolute Gasteiger partial charge is 0.319 e. The number of halogens is 1. The number of nitrogens with zero attached hydrogens (tertiary/aromatic N) is 6. The zero-order chi connectivity index (χ0) is 24.9. The number of anilines is 3. The predicted molar refractivity (Wildman–Crippen MR) is 135 cm³/mol. The standard InChI is InChI=1S/C25H29FN8O2/c1-17-16-36-14-13-34(17)23-20-7-12-33(24-27-9-2-10-28-24)15-21(20)31-22(32-23)18-3-5-19(6-4-18)30-25(35)29-11-8-26/h2-6,9-10,17H,7-8,11-16H2,1H3,(H2,29,30,35)/t17-/m0/s1. The molecule has 0 bridgehead atoms. The number of carbonyl (C=O) groups excluding carboxylic acids is 1. The molecular weight excluding hydrogens is 463 g/mol. The van der Waals surface area contributed by atoms with Crippen molar-refractivity contribution >= 4 is 23.5 Å². The lowest BCUT2D eigenvalue weighted by molar-refractivity contribution is 0.0984. The molecule has 5 rings (SSSR count). The van der Waals surface area contributed by atoms with E-state index in [0.29, 0.717) is 37.2 Å². The molecule has 2 N–H and O–H groups in total. The van der Waals surface area contributed by atoms with Gasteiger partial charge in [-0.2, -0.15) is 0 Å². The van der Waals surface area contributed by atoms with Crippen LogP contribution in [-0.2, 0) is 17.7 Å². The summed E-state index contributed by atoms with van der Waals surface area (Å²) >= 11 is 0. The summed E-state index contributed by atoms with van der Waals surface area (Å²) in [6.07, 6.45) is 4.29. The number of hydrogen-bond acceptors (Lipinski definition) is 8. The van der Waals surface area contributed by atoms with Crippen molar-refractivity contribution in [2.45, 2.75) is 25.9 Å². The molecule has 2 aromatic heterocycles.